The van der Waals surface area contributed by atoms with Gasteiger partial charge in [-0.1, -0.05) is 54.2 Å². The standard InChI is InChI=1S/C20H25N5O2S/c1-25-20(22-23-24-25)28-13-7-12-21-14-17-10-6-11-18(26-2)19(17)27-15-16-8-4-3-5-9-16/h3-6,8-11,21H,7,12-15H2,1-2H3. The fraction of sp³-hybridized carbons (Fsp3) is 0.350. The van der Waals surface area contributed by atoms with Gasteiger partial charge in [0, 0.05) is 24.9 Å². The zero-order chi connectivity index (χ0) is 19.6. The predicted molar refractivity (Wildman–Crippen MR) is 110 cm³/mol. The van der Waals surface area contributed by atoms with E-state index in [4.69, 9.17) is 9.47 Å². The van der Waals surface area contributed by atoms with Crippen LogP contribution in [0.1, 0.15) is 17.5 Å². The first-order chi connectivity index (χ1) is 13.8. The van der Waals surface area contributed by atoms with E-state index < -0.39 is 0 Å². The summed E-state index contributed by atoms with van der Waals surface area (Å²) in [6, 6.07) is 16.1. The summed E-state index contributed by atoms with van der Waals surface area (Å²) in [5.41, 5.74) is 2.21. The quantitative estimate of drug-likeness (QED) is 0.392. The van der Waals surface area contributed by atoms with Crippen LogP contribution < -0.4 is 14.8 Å². The summed E-state index contributed by atoms with van der Waals surface area (Å²) >= 11 is 1.66. The van der Waals surface area contributed by atoms with Crippen LogP contribution in [0.5, 0.6) is 11.5 Å². The lowest BCUT2D eigenvalue weighted by atomic mass is 10.1. The summed E-state index contributed by atoms with van der Waals surface area (Å²) in [4.78, 5) is 0. The number of hydrogen-bond donors (Lipinski definition) is 1. The summed E-state index contributed by atoms with van der Waals surface area (Å²) in [7, 11) is 3.51. The van der Waals surface area contributed by atoms with Gasteiger partial charge in [-0.3, -0.25) is 0 Å². The molecule has 0 aliphatic carbocycles. The first-order valence-electron chi connectivity index (χ1n) is 9.16. The van der Waals surface area contributed by atoms with E-state index in [1.54, 1.807) is 23.6 Å². The highest BCUT2D eigenvalue weighted by molar-refractivity contribution is 7.99. The highest BCUT2D eigenvalue weighted by Crippen LogP contribution is 2.31. The maximum absolute atomic E-state index is 6.09. The summed E-state index contributed by atoms with van der Waals surface area (Å²) in [5.74, 6) is 2.50. The van der Waals surface area contributed by atoms with Crippen LogP contribution in [-0.2, 0) is 20.2 Å². The van der Waals surface area contributed by atoms with E-state index in [0.717, 1.165) is 53.0 Å². The van der Waals surface area contributed by atoms with Crippen LogP contribution in [0.15, 0.2) is 53.7 Å². The highest BCUT2D eigenvalue weighted by atomic mass is 32.2. The van der Waals surface area contributed by atoms with Gasteiger partial charge in [0.25, 0.3) is 0 Å². The van der Waals surface area contributed by atoms with Gasteiger partial charge in [-0.15, -0.1) is 5.10 Å². The number of rotatable bonds is 11. The molecule has 3 rings (SSSR count). The number of aromatic nitrogens is 4. The van der Waals surface area contributed by atoms with Crippen LogP contribution in [-0.4, -0.2) is 39.6 Å². The predicted octanol–water partition coefficient (Wildman–Crippen LogP) is 3.07. The lowest BCUT2D eigenvalue weighted by Crippen LogP contribution is -2.16. The van der Waals surface area contributed by atoms with Crippen molar-refractivity contribution in [3.63, 3.8) is 0 Å². The number of nitrogens with zero attached hydrogens (tertiary/aromatic N) is 4. The van der Waals surface area contributed by atoms with E-state index in [2.05, 4.69) is 39.0 Å². The van der Waals surface area contributed by atoms with Gasteiger partial charge in [0.05, 0.1) is 7.11 Å². The third kappa shape index (κ3) is 5.71. The Kier molecular flexibility index (Phi) is 7.69. The van der Waals surface area contributed by atoms with E-state index in [9.17, 15) is 0 Å². The van der Waals surface area contributed by atoms with E-state index >= 15 is 0 Å². The van der Waals surface area contributed by atoms with E-state index in [1.165, 1.54) is 0 Å². The monoisotopic (exact) mass is 399 g/mol. The Morgan fingerprint density at radius 3 is 2.71 bits per heavy atom. The Morgan fingerprint density at radius 1 is 1.11 bits per heavy atom. The summed E-state index contributed by atoms with van der Waals surface area (Å²) in [5, 5.41) is 15.8. The van der Waals surface area contributed by atoms with Crippen molar-refractivity contribution < 1.29 is 9.47 Å². The first kappa shape index (κ1) is 20.2. The van der Waals surface area contributed by atoms with Gasteiger partial charge in [-0.25, -0.2) is 4.68 Å². The number of para-hydroxylation sites is 1. The molecule has 28 heavy (non-hydrogen) atoms. The van der Waals surface area contributed by atoms with E-state index in [0.29, 0.717) is 6.61 Å². The zero-order valence-electron chi connectivity index (χ0n) is 16.2. The molecule has 0 amide bonds. The highest BCUT2D eigenvalue weighted by Gasteiger charge is 2.11. The number of tetrazole rings is 1. The number of ether oxygens (including phenoxy) is 2. The second kappa shape index (κ2) is 10.7. The molecule has 0 bridgehead atoms. The number of hydrogen-bond acceptors (Lipinski definition) is 7. The molecule has 2 aromatic carbocycles. The van der Waals surface area contributed by atoms with Crippen molar-refractivity contribution in [2.45, 2.75) is 24.7 Å². The van der Waals surface area contributed by atoms with E-state index in [1.807, 2.05) is 37.4 Å². The van der Waals surface area contributed by atoms with Crippen molar-refractivity contribution >= 4 is 11.8 Å². The van der Waals surface area contributed by atoms with Gasteiger partial charge in [0.2, 0.25) is 5.16 Å². The average molecular weight is 400 g/mol. The van der Waals surface area contributed by atoms with Crippen molar-refractivity contribution in [1.29, 1.82) is 0 Å². The van der Waals surface area contributed by atoms with Crippen LogP contribution in [0, 0.1) is 0 Å². The molecule has 0 aliphatic rings. The van der Waals surface area contributed by atoms with Crippen molar-refractivity contribution in [3.8, 4) is 11.5 Å². The van der Waals surface area contributed by atoms with Gasteiger partial charge in [0.15, 0.2) is 11.5 Å². The summed E-state index contributed by atoms with van der Waals surface area (Å²) in [6.45, 7) is 2.13. The Morgan fingerprint density at radius 2 is 1.96 bits per heavy atom. The van der Waals surface area contributed by atoms with Crippen LogP contribution in [0.2, 0.25) is 0 Å². The minimum atomic E-state index is 0.511. The number of nitrogens with one attached hydrogen (secondary N) is 1. The van der Waals surface area contributed by atoms with Crippen LogP contribution in [0.25, 0.3) is 0 Å². The van der Waals surface area contributed by atoms with Gasteiger partial charge in [0.1, 0.15) is 6.61 Å². The van der Waals surface area contributed by atoms with Crippen molar-refractivity contribution in [1.82, 2.24) is 25.5 Å². The Hall–Kier alpha value is -2.58. The third-order valence-electron chi connectivity index (χ3n) is 4.13. The molecule has 0 radical (unpaired) electrons. The molecule has 1 heterocycles. The van der Waals surface area contributed by atoms with Crippen LogP contribution in [0.3, 0.4) is 0 Å². The smallest absolute Gasteiger partial charge is 0.209 e. The maximum atomic E-state index is 6.09. The summed E-state index contributed by atoms with van der Waals surface area (Å²) in [6.07, 6.45) is 1.02. The lowest BCUT2D eigenvalue weighted by molar-refractivity contribution is 0.280. The second-order valence-electron chi connectivity index (χ2n) is 6.19. The molecule has 8 heteroatoms. The molecule has 0 aliphatic heterocycles. The van der Waals surface area contributed by atoms with Crippen molar-refractivity contribution in [3.05, 3.63) is 59.7 Å². The molecule has 1 aromatic heterocycles. The van der Waals surface area contributed by atoms with Gasteiger partial charge >= 0.3 is 0 Å². The zero-order valence-corrected chi connectivity index (χ0v) is 17.0. The molecular weight excluding hydrogens is 374 g/mol. The third-order valence-corrected chi connectivity index (χ3v) is 5.23. The number of thioether (sulfide) groups is 1. The average Bonchev–Trinajstić information content (AvgIpc) is 3.14. The summed E-state index contributed by atoms with van der Waals surface area (Å²) < 4.78 is 13.3. The van der Waals surface area contributed by atoms with Crippen LogP contribution in [0.4, 0.5) is 0 Å². The molecular formula is C20H25N5O2S. The SMILES string of the molecule is COc1cccc(CNCCCSc2nnnn2C)c1OCc1ccccc1. The number of benzene rings is 2. The largest absolute Gasteiger partial charge is 0.493 e. The molecule has 0 spiro atoms. The molecule has 0 atom stereocenters. The molecule has 0 saturated carbocycles. The molecule has 1 N–H and O–H groups in total. The molecule has 0 fully saturated rings. The number of methoxy groups -OCH3 is 1. The molecule has 7 nitrogen and oxygen atoms in total. The molecule has 3 aromatic rings. The first-order valence-corrected chi connectivity index (χ1v) is 10.1. The molecule has 148 valence electrons. The number of aryl methyl sites for hydroxylation is 1. The van der Waals surface area contributed by atoms with Crippen LogP contribution >= 0.6 is 11.8 Å². The molecule has 0 unspecified atom stereocenters. The van der Waals surface area contributed by atoms with Crippen molar-refractivity contribution in [2.75, 3.05) is 19.4 Å². The van der Waals surface area contributed by atoms with Gasteiger partial charge in [-0.2, -0.15) is 0 Å². The minimum Gasteiger partial charge on any atom is -0.493 e. The minimum absolute atomic E-state index is 0.511. The Balaban J connectivity index is 1.49. The van der Waals surface area contributed by atoms with Crippen molar-refractivity contribution in [2.24, 2.45) is 7.05 Å². The van der Waals surface area contributed by atoms with Gasteiger partial charge < -0.3 is 14.8 Å². The Bertz CT molecular complexity index is 857. The second-order valence-corrected chi connectivity index (χ2v) is 7.25. The normalized spacial score (nSPS) is 10.8. The Labute approximate surface area is 169 Å². The maximum Gasteiger partial charge on any atom is 0.209 e. The van der Waals surface area contributed by atoms with Gasteiger partial charge in [-0.05, 0) is 35.0 Å². The fourth-order valence-electron chi connectivity index (χ4n) is 2.68. The fourth-order valence-corrected chi connectivity index (χ4v) is 3.47. The lowest BCUT2D eigenvalue weighted by Gasteiger charge is -2.15. The van der Waals surface area contributed by atoms with E-state index in [-0.39, 0.29) is 0 Å². The topological polar surface area (TPSA) is 74.1 Å². The molecule has 0 saturated heterocycles.